The van der Waals surface area contributed by atoms with Gasteiger partial charge in [-0.25, -0.2) is 0 Å². The minimum atomic E-state index is -0.139. The first-order chi connectivity index (χ1) is 10.1. The van der Waals surface area contributed by atoms with Crippen molar-refractivity contribution >= 4 is 23.4 Å². The van der Waals surface area contributed by atoms with Crippen LogP contribution in [0.2, 0.25) is 0 Å². The third-order valence-corrected chi connectivity index (χ3v) is 3.64. The first-order valence-corrected chi connectivity index (χ1v) is 7.86. The van der Waals surface area contributed by atoms with Crippen LogP contribution < -0.4 is 15.8 Å². The first kappa shape index (κ1) is 15.3. The Labute approximate surface area is 128 Å². The van der Waals surface area contributed by atoms with E-state index in [1.807, 2.05) is 37.4 Å². The number of anilines is 1. The van der Waals surface area contributed by atoms with Gasteiger partial charge in [0.2, 0.25) is 0 Å². The van der Waals surface area contributed by atoms with Gasteiger partial charge in [0.05, 0.1) is 5.69 Å². The predicted octanol–water partition coefficient (Wildman–Crippen LogP) is 3.53. The monoisotopic (exact) mass is 302 g/mol. The summed E-state index contributed by atoms with van der Waals surface area (Å²) in [5.41, 5.74) is 6.92. The molecule has 1 amide bonds. The Kier molecular flexibility index (Phi) is 5.11. The van der Waals surface area contributed by atoms with Gasteiger partial charge in [0, 0.05) is 17.0 Å². The third-order valence-electron chi connectivity index (χ3n) is 2.90. The Morgan fingerprint density at radius 3 is 2.52 bits per heavy atom. The van der Waals surface area contributed by atoms with Crippen LogP contribution in [0, 0.1) is 0 Å². The van der Waals surface area contributed by atoms with Crippen molar-refractivity contribution in [1.29, 1.82) is 0 Å². The van der Waals surface area contributed by atoms with Crippen LogP contribution in [0.25, 0.3) is 0 Å². The highest BCUT2D eigenvalue weighted by atomic mass is 32.2. The van der Waals surface area contributed by atoms with Crippen molar-refractivity contribution in [2.24, 2.45) is 0 Å². The van der Waals surface area contributed by atoms with Crippen LogP contribution in [-0.2, 0) is 0 Å². The average Bonchev–Trinajstić information content (AvgIpc) is 2.50. The number of hydrogen-bond donors (Lipinski definition) is 2. The van der Waals surface area contributed by atoms with Crippen LogP contribution in [0.1, 0.15) is 17.3 Å². The molecule has 110 valence electrons. The van der Waals surface area contributed by atoms with Crippen molar-refractivity contribution in [3.8, 4) is 11.5 Å². The van der Waals surface area contributed by atoms with Crippen molar-refractivity contribution in [3.05, 3.63) is 48.0 Å². The van der Waals surface area contributed by atoms with E-state index in [4.69, 9.17) is 10.5 Å². The van der Waals surface area contributed by atoms with Gasteiger partial charge in [0.1, 0.15) is 11.5 Å². The molecule has 0 unspecified atom stereocenters. The molecule has 0 saturated heterocycles. The van der Waals surface area contributed by atoms with Crippen LogP contribution >= 0.6 is 11.8 Å². The van der Waals surface area contributed by atoms with Crippen LogP contribution in [-0.4, -0.2) is 18.7 Å². The molecule has 0 atom stereocenters. The second-order valence-electron chi connectivity index (χ2n) is 4.39. The fourth-order valence-corrected chi connectivity index (χ4v) is 2.22. The molecule has 0 aromatic heterocycles. The molecule has 0 radical (unpaired) electrons. The van der Waals surface area contributed by atoms with Gasteiger partial charge in [0.25, 0.3) is 5.91 Å². The lowest BCUT2D eigenvalue weighted by Gasteiger charge is -2.10. The van der Waals surface area contributed by atoms with E-state index in [1.54, 1.807) is 30.0 Å². The predicted molar refractivity (Wildman–Crippen MR) is 87.2 cm³/mol. The van der Waals surface area contributed by atoms with Gasteiger partial charge in [-0.3, -0.25) is 4.79 Å². The maximum absolute atomic E-state index is 11.7. The maximum Gasteiger partial charge on any atom is 0.251 e. The van der Waals surface area contributed by atoms with Gasteiger partial charge in [0.15, 0.2) is 0 Å². The molecule has 3 N–H and O–H groups in total. The van der Waals surface area contributed by atoms with E-state index in [9.17, 15) is 4.79 Å². The summed E-state index contributed by atoms with van der Waals surface area (Å²) < 4.78 is 5.74. The molecule has 0 fully saturated rings. The Hall–Kier alpha value is -2.14. The molecule has 0 heterocycles. The van der Waals surface area contributed by atoms with E-state index in [0.29, 0.717) is 29.3 Å². The van der Waals surface area contributed by atoms with Gasteiger partial charge >= 0.3 is 0 Å². The van der Waals surface area contributed by atoms with Gasteiger partial charge in [-0.1, -0.05) is 0 Å². The van der Waals surface area contributed by atoms with Crippen molar-refractivity contribution < 1.29 is 9.53 Å². The van der Waals surface area contributed by atoms with E-state index in [2.05, 4.69) is 5.32 Å². The highest BCUT2D eigenvalue weighted by Crippen LogP contribution is 2.29. The van der Waals surface area contributed by atoms with E-state index < -0.39 is 0 Å². The molecular formula is C16H18N2O2S. The number of nitrogen functional groups attached to an aromatic ring is 1. The number of ether oxygens (including phenoxy) is 1. The van der Waals surface area contributed by atoms with Crippen LogP contribution in [0.4, 0.5) is 5.69 Å². The minimum Gasteiger partial charge on any atom is -0.455 e. The lowest BCUT2D eigenvalue weighted by Crippen LogP contribution is -2.22. The number of nitrogens with two attached hydrogens (primary N) is 1. The molecule has 5 heteroatoms. The molecular weight excluding hydrogens is 284 g/mol. The van der Waals surface area contributed by atoms with Gasteiger partial charge < -0.3 is 15.8 Å². The van der Waals surface area contributed by atoms with Gasteiger partial charge in [-0.05, 0) is 55.6 Å². The number of amides is 1. The van der Waals surface area contributed by atoms with E-state index in [1.165, 1.54) is 4.90 Å². The van der Waals surface area contributed by atoms with Crippen LogP contribution in [0.3, 0.4) is 0 Å². The summed E-state index contributed by atoms with van der Waals surface area (Å²) >= 11 is 1.67. The lowest BCUT2D eigenvalue weighted by atomic mass is 10.1. The summed E-state index contributed by atoms with van der Waals surface area (Å²) in [6.45, 7) is 2.45. The summed E-state index contributed by atoms with van der Waals surface area (Å²) in [7, 11) is 0. The largest absolute Gasteiger partial charge is 0.455 e. The fraction of sp³-hybridized carbons (Fsp3) is 0.188. The molecule has 0 saturated carbocycles. The molecule has 2 aromatic carbocycles. The maximum atomic E-state index is 11.7. The summed E-state index contributed by atoms with van der Waals surface area (Å²) in [4.78, 5) is 12.9. The summed E-state index contributed by atoms with van der Waals surface area (Å²) in [5, 5.41) is 2.73. The number of carbonyl (C=O) groups is 1. The second kappa shape index (κ2) is 7.04. The lowest BCUT2D eigenvalue weighted by molar-refractivity contribution is 0.0956. The van der Waals surface area contributed by atoms with Gasteiger partial charge in [-0.2, -0.15) is 0 Å². The average molecular weight is 302 g/mol. The standard InChI is InChI=1S/C16H18N2O2S/c1-3-18-16(19)11-4-9-15(14(17)10-11)20-12-5-7-13(21-2)8-6-12/h4-10H,3,17H2,1-2H3,(H,18,19). The topological polar surface area (TPSA) is 64.3 Å². The van der Waals surface area contributed by atoms with Gasteiger partial charge in [-0.15, -0.1) is 11.8 Å². The van der Waals surface area contributed by atoms with E-state index in [-0.39, 0.29) is 5.91 Å². The summed E-state index contributed by atoms with van der Waals surface area (Å²) in [5.74, 6) is 1.12. The Balaban J connectivity index is 2.15. The summed E-state index contributed by atoms with van der Waals surface area (Å²) in [6, 6.07) is 12.8. The summed E-state index contributed by atoms with van der Waals surface area (Å²) in [6.07, 6.45) is 2.02. The molecule has 2 aromatic rings. The molecule has 0 bridgehead atoms. The fourth-order valence-electron chi connectivity index (χ4n) is 1.82. The quantitative estimate of drug-likeness (QED) is 0.655. The SMILES string of the molecule is CCNC(=O)c1ccc(Oc2ccc(SC)cc2)c(N)c1. The Bertz CT molecular complexity index is 627. The molecule has 0 aliphatic carbocycles. The van der Waals surface area contributed by atoms with Crippen molar-refractivity contribution in [2.75, 3.05) is 18.5 Å². The number of hydrogen-bond acceptors (Lipinski definition) is 4. The Morgan fingerprint density at radius 2 is 1.95 bits per heavy atom. The second-order valence-corrected chi connectivity index (χ2v) is 5.27. The molecule has 0 aliphatic heterocycles. The molecule has 4 nitrogen and oxygen atoms in total. The van der Waals surface area contributed by atoms with Crippen LogP contribution in [0.15, 0.2) is 47.4 Å². The number of nitrogens with one attached hydrogen (secondary N) is 1. The number of thioether (sulfide) groups is 1. The smallest absolute Gasteiger partial charge is 0.251 e. The minimum absolute atomic E-state index is 0.139. The third kappa shape index (κ3) is 3.92. The zero-order valence-electron chi connectivity index (χ0n) is 12.1. The zero-order chi connectivity index (χ0) is 15.2. The molecule has 0 spiro atoms. The van der Waals surface area contributed by atoms with Crippen molar-refractivity contribution in [3.63, 3.8) is 0 Å². The number of rotatable bonds is 5. The first-order valence-electron chi connectivity index (χ1n) is 6.63. The van der Waals surface area contributed by atoms with Crippen molar-refractivity contribution in [2.45, 2.75) is 11.8 Å². The zero-order valence-corrected chi connectivity index (χ0v) is 12.9. The molecule has 21 heavy (non-hydrogen) atoms. The highest BCUT2D eigenvalue weighted by molar-refractivity contribution is 7.98. The highest BCUT2D eigenvalue weighted by Gasteiger charge is 2.08. The Morgan fingerprint density at radius 1 is 1.24 bits per heavy atom. The van der Waals surface area contributed by atoms with Crippen LogP contribution in [0.5, 0.6) is 11.5 Å². The molecule has 2 rings (SSSR count). The molecule has 0 aliphatic rings. The number of carbonyl (C=O) groups excluding carboxylic acids is 1. The van der Waals surface area contributed by atoms with E-state index >= 15 is 0 Å². The normalized spacial score (nSPS) is 10.2. The van der Waals surface area contributed by atoms with E-state index in [0.717, 1.165) is 0 Å². The number of benzene rings is 2. The van der Waals surface area contributed by atoms with Crippen molar-refractivity contribution in [1.82, 2.24) is 5.32 Å².